The van der Waals surface area contributed by atoms with Gasteiger partial charge in [-0.05, 0) is 31.9 Å². The largest absolute Gasteiger partial charge is 0.338 e. The molecule has 0 spiro atoms. The van der Waals surface area contributed by atoms with E-state index in [9.17, 15) is 14.4 Å². The molecule has 0 unspecified atom stereocenters. The zero-order valence-electron chi connectivity index (χ0n) is 18.4. The van der Waals surface area contributed by atoms with E-state index in [0.717, 1.165) is 10.1 Å². The van der Waals surface area contributed by atoms with E-state index in [1.54, 1.807) is 10.8 Å². The second-order valence-electron chi connectivity index (χ2n) is 7.97. The van der Waals surface area contributed by atoms with Gasteiger partial charge < -0.3 is 5.32 Å². The lowest BCUT2D eigenvalue weighted by Gasteiger charge is -2.11. The molecule has 3 aromatic rings. The van der Waals surface area contributed by atoms with Crippen LogP contribution in [0.1, 0.15) is 46.1 Å². The standard InChI is InChI=1S/C23H24ClN5O3/c1-5-10-28-21-18(22(31)27(4)23(28)32)19(30)17(25-21)11-16-14(3)26-29(20(16)24)12-15-8-6-13(2)7-9-15/h6-9,11,25H,5,10,12H2,1-4H3. The topological polar surface area (TPSA) is 90.9 Å². The number of carbonyl (C=O) groups is 1. The van der Waals surface area contributed by atoms with Gasteiger partial charge in [-0.2, -0.15) is 5.10 Å². The van der Waals surface area contributed by atoms with Crippen LogP contribution in [0.4, 0.5) is 5.82 Å². The Balaban J connectivity index is 1.74. The number of fused-ring (bicyclic) bond motifs is 1. The highest BCUT2D eigenvalue weighted by Gasteiger charge is 2.33. The third-order valence-electron chi connectivity index (χ3n) is 5.57. The van der Waals surface area contributed by atoms with E-state index < -0.39 is 17.0 Å². The normalized spacial score (nSPS) is 14.2. The number of aromatic nitrogens is 4. The number of nitrogens with one attached hydrogen (secondary N) is 1. The molecule has 9 heteroatoms. The first-order valence-corrected chi connectivity index (χ1v) is 10.8. The quantitative estimate of drug-likeness (QED) is 0.599. The molecule has 0 atom stereocenters. The summed E-state index contributed by atoms with van der Waals surface area (Å²) in [5.74, 6) is -0.232. The highest BCUT2D eigenvalue weighted by molar-refractivity contribution is 6.31. The van der Waals surface area contributed by atoms with Gasteiger partial charge in [0.25, 0.3) is 5.56 Å². The maximum absolute atomic E-state index is 13.1. The SMILES string of the molecule is CCCn1c2c(c(=O)n(C)c1=O)C(=O)C(=Cc1c(C)nn(Cc3ccc(C)cc3)c1Cl)N2. The molecule has 1 N–H and O–H groups in total. The van der Waals surface area contributed by atoms with Gasteiger partial charge >= 0.3 is 5.69 Å². The van der Waals surface area contributed by atoms with Crippen molar-refractivity contribution >= 4 is 29.3 Å². The molecule has 1 aliphatic heterocycles. The van der Waals surface area contributed by atoms with E-state index in [1.807, 2.05) is 45.0 Å². The maximum Gasteiger partial charge on any atom is 0.332 e. The number of nitrogens with zero attached hydrogens (tertiary/aromatic N) is 4. The molecular weight excluding hydrogens is 430 g/mol. The second kappa shape index (κ2) is 8.27. The summed E-state index contributed by atoms with van der Waals surface area (Å²) in [6.45, 7) is 6.63. The minimum absolute atomic E-state index is 0.0346. The van der Waals surface area contributed by atoms with Gasteiger partial charge in [0.15, 0.2) is 0 Å². The van der Waals surface area contributed by atoms with E-state index in [0.29, 0.717) is 35.9 Å². The fourth-order valence-corrected chi connectivity index (χ4v) is 4.09. The molecule has 0 radical (unpaired) electrons. The Hall–Kier alpha value is -3.39. The average Bonchev–Trinajstić information content (AvgIpc) is 3.22. The molecule has 32 heavy (non-hydrogen) atoms. The summed E-state index contributed by atoms with van der Waals surface area (Å²) in [6, 6.07) is 8.08. The van der Waals surface area contributed by atoms with Crippen molar-refractivity contribution in [3.63, 3.8) is 0 Å². The fraction of sp³-hybridized carbons (Fsp3) is 0.304. The van der Waals surface area contributed by atoms with E-state index in [1.165, 1.54) is 17.2 Å². The number of Topliss-reactive ketones (excluding diaryl/α,β-unsaturated/α-hetero) is 1. The Morgan fingerprint density at radius 2 is 1.81 bits per heavy atom. The minimum atomic E-state index is -0.615. The first-order chi connectivity index (χ1) is 15.2. The number of halogens is 1. The van der Waals surface area contributed by atoms with Crippen LogP contribution < -0.4 is 16.6 Å². The van der Waals surface area contributed by atoms with Gasteiger partial charge in [0.1, 0.15) is 16.5 Å². The van der Waals surface area contributed by atoms with Gasteiger partial charge in [-0.1, -0.05) is 48.4 Å². The van der Waals surface area contributed by atoms with Crippen LogP contribution in [0, 0.1) is 13.8 Å². The molecule has 3 heterocycles. The van der Waals surface area contributed by atoms with Gasteiger partial charge in [0.2, 0.25) is 5.78 Å². The average molecular weight is 454 g/mol. The number of allylic oxidation sites excluding steroid dienone is 1. The lowest BCUT2D eigenvalue weighted by atomic mass is 10.1. The highest BCUT2D eigenvalue weighted by atomic mass is 35.5. The Kier molecular flexibility index (Phi) is 5.64. The Bertz CT molecular complexity index is 1380. The first kappa shape index (κ1) is 21.8. The number of hydrogen-bond acceptors (Lipinski definition) is 5. The molecule has 0 amide bonds. The summed E-state index contributed by atoms with van der Waals surface area (Å²) in [4.78, 5) is 38.2. The van der Waals surface area contributed by atoms with Crippen LogP contribution in [0.2, 0.25) is 5.15 Å². The molecule has 2 aromatic heterocycles. The molecule has 4 rings (SSSR count). The van der Waals surface area contributed by atoms with Crippen molar-refractivity contribution in [2.24, 2.45) is 7.05 Å². The Morgan fingerprint density at radius 1 is 1.12 bits per heavy atom. The second-order valence-corrected chi connectivity index (χ2v) is 8.33. The van der Waals surface area contributed by atoms with Crippen molar-refractivity contribution in [1.82, 2.24) is 18.9 Å². The summed E-state index contributed by atoms with van der Waals surface area (Å²) >= 11 is 6.61. The van der Waals surface area contributed by atoms with Crippen molar-refractivity contribution < 1.29 is 4.79 Å². The third-order valence-corrected chi connectivity index (χ3v) is 5.96. The number of carbonyl (C=O) groups excluding carboxylic acids is 1. The van der Waals surface area contributed by atoms with Gasteiger partial charge in [0.05, 0.1) is 17.9 Å². The van der Waals surface area contributed by atoms with E-state index >= 15 is 0 Å². The van der Waals surface area contributed by atoms with Crippen molar-refractivity contribution in [3.8, 4) is 0 Å². The molecule has 8 nitrogen and oxygen atoms in total. The molecule has 0 saturated carbocycles. The van der Waals surface area contributed by atoms with Crippen LogP contribution in [-0.4, -0.2) is 24.7 Å². The number of ketones is 1. The predicted molar refractivity (Wildman–Crippen MR) is 124 cm³/mol. The Morgan fingerprint density at radius 3 is 2.47 bits per heavy atom. The maximum atomic E-state index is 13.1. The number of anilines is 1. The van der Waals surface area contributed by atoms with E-state index in [4.69, 9.17) is 11.6 Å². The molecule has 1 aliphatic rings. The predicted octanol–water partition coefficient (Wildman–Crippen LogP) is 3.12. The van der Waals surface area contributed by atoms with Crippen LogP contribution in [0.5, 0.6) is 0 Å². The lowest BCUT2D eigenvalue weighted by Crippen LogP contribution is -2.40. The van der Waals surface area contributed by atoms with E-state index in [2.05, 4.69) is 10.4 Å². The lowest BCUT2D eigenvalue weighted by molar-refractivity contribution is 0.104. The molecule has 0 saturated heterocycles. The highest BCUT2D eigenvalue weighted by Crippen LogP contribution is 2.29. The summed E-state index contributed by atoms with van der Waals surface area (Å²) in [5.41, 5.74) is 2.53. The van der Waals surface area contributed by atoms with Crippen LogP contribution in [0.15, 0.2) is 39.6 Å². The summed E-state index contributed by atoms with van der Waals surface area (Å²) in [7, 11) is 1.38. The number of rotatable bonds is 5. The zero-order valence-corrected chi connectivity index (χ0v) is 19.2. The van der Waals surface area contributed by atoms with Crippen LogP contribution >= 0.6 is 11.6 Å². The zero-order chi connectivity index (χ0) is 23.2. The molecule has 166 valence electrons. The molecule has 0 aliphatic carbocycles. The number of benzene rings is 1. The van der Waals surface area contributed by atoms with Gasteiger partial charge in [0, 0.05) is 19.2 Å². The molecule has 0 bridgehead atoms. The van der Waals surface area contributed by atoms with Crippen LogP contribution in [-0.2, 0) is 20.1 Å². The van der Waals surface area contributed by atoms with Crippen molar-refractivity contribution in [1.29, 1.82) is 0 Å². The first-order valence-electron chi connectivity index (χ1n) is 10.4. The number of hydrogen-bond donors (Lipinski definition) is 1. The summed E-state index contributed by atoms with van der Waals surface area (Å²) in [5, 5.41) is 7.89. The third kappa shape index (κ3) is 3.60. The molecule has 1 aromatic carbocycles. The molecule has 0 fully saturated rings. The van der Waals surface area contributed by atoms with Crippen molar-refractivity contribution in [2.45, 2.75) is 40.3 Å². The van der Waals surface area contributed by atoms with Crippen molar-refractivity contribution in [3.05, 3.63) is 83.9 Å². The van der Waals surface area contributed by atoms with Gasteiger partial charge in [-0.15, -0.1) is 0 Å². The Labute approximate surface area is 189 Å². The number of aryl methyl sites for hydroxylation is 2. The summed E-state index contributed by atoms with van der Waals surface area (Å²) < 4.78 is 4.06. The molecular formula is C23H24ClN5O3. The van der Waals surface area contributed by atoms with Gasteiger partial charge in [-0.25, -0.2) is 9.48 Å². The van der Waals surface area contributed by atoms with Crippen molar-refractivity contribution in [2.75, 3.05) is 5.32 Å². The smallest absolute Gasteiger partial charge is 0.332 e. The van der Waals surface area contributed by atoms with Crippen LogP contribution in [0.3, 0.4) is 0 Å². The fourth-order valence-electron chi connectivity index (χ4n) is 3.80. The summed E-state index contributed by atoms with van der Waals surface area (Å²) in [6.07, 6.45) is 2.27. The van der Waals surface area contributed by atoms with Crippen LogP contribution in [0.25, 0.3) is 6.08 Å². The minimum Gasteiger partial charge on any atom is -0.338 e. The monoisotopic (exact) mass is 453 g/mol. The van der Waals surface area contributed by atoms with Gasteiger partial charge in [-0.3, -0.25) is 18.7 Å². The van der Waals surface area contributed by atoms with E-state index in [-0.39, 0.29) is 17.1 Å².